The molecule has 0 spiro atoms. The highest BCUT2D eigenvalue weighted by Crippen LogP contribution is 2.13. The molecule has 5 heteroatoms. The number of carbonyl (C=O) groups is 1. The summed E-state index contributed by atoms with van der Waals surface area (Å²) in [6, 6.07) is 11.2. The Hall–Kier alpha value is -2.14. The van der Waals surface area contributed by atoms with Crippen LogP contribution in [0.5, 0.6) is 5.75 Å². The third-order valence-corrected chi connectivity index (χ3v) is 3.52. The van der Waals surface area contributed by atoms with Crippen molar-refractivity contribution < 1.29 is 9.53 Å². The fourth-order valence-electron chi connectivity index (χ4n) is 1.62. The van der Waals surface area contributed by atoms with Crippen LogP contribution in [0.3, 0.4) is 0 Å². The summed E-state index contributed by atoms with van der Waals surface area (Å²) >= 11 is 1.39. The molecule has 0 fully saturated rings. The van der Waals surface area contributed by atoms with Crippen molar-refractivity contribution in [3.63, 3.8) is 0 Å². The van der Waals surface area contributed by atoms with E-state index in [1.54, 1.807) is 6.07 Å². The van der Waals surface area contributed by atoms with Crippen LogP contribution in [0.4, 0.5) is 0 Å². The molecule has 0 aliphatic heterocycles. The first-order chi connectivity index (χ1) is 9.70. The number of hydrogen-bond acceptors (Lipinski definition) is 4. The van der Waals surface area contributed by atoms with Crippen LogP contribution in [0.1, 0.15) is 29.1 Å². The first-order valence-electron chi connectivity index (χ1n) is 6.32. The van der Waals surface area contributed by atoms with E-state index < -0.39 is 0 Å². The van der Waals surface area contributed by atoms with Gasteiger partial charge in [-0.15, -0.1) is 11.3 Å². The van der Waals surface area contributed by atoms with Crippen molar-refractivity contribution in [3.05, 3.63) is 52.2 Å². The number of benzene rings is 1. The van der Waals surface area contributed by atoms with Gasteiger partial charge in [-0.1, -0.05) is 6.07 Å². The molecule has 0 aliphatic carbocycles. The summed E-state index contributed by atoms with van der Waals surface area (Å²) in [6.45, 7) is 4.44. The minimum atomic E-state index is -0.190. The second-order valence-electron chi connectivity index (χ2n) is 4.07. The van der Waals surface area contributed by atoms with Crippen molar-refractivity contribution in [1.82, 2.24) is 5.43 Å². The Morgan fingerprint density at radius 3 is 2.65 bits per heavy atom. The summed E-state index contributed by atoms with van der Waals surface area (Å²) in [5.74, 6) is 0.636. The molecule has 2 aromatic rings. The molecular formula is C15H16N2O2S. The highest BCUT2D eigenvalue weighted by molar-refractivity contribution is 7.12. The molecule has 1 aromatic carbocycles. The van der Waals surface area contributed by atoms with E-state index in [1.807, 2.05) is 49.6 Å². The van der Waals surface area contributed by atoms with Crippen molar-refractivity contribution in [2.75, 3.05) is 6.61 Å². The van der Waals surface area contributed by atoms with Gasteiger partial charge in [-0.3, -0.25) is 4.79 Å². The van der Waals surface area contributed by atoms with Gasteiger partial charge in [0.25, 0.3) is 5.91 Å². The molecule has 104 valence electrons. The Labute approximate surface area is 122 Å². The van der Waals surface area contributed by atoms with Gasteiger partial charge < -0.3 is 4.74 Å². The molecule has 0 radical (unpaired) electrons. The van der Waals surface area contributed by atoms with E-state index in [4.69, 9.17) is 4.74 Å². The van der Waals surface area contributed by atoms with E-state index in [0.717, 1.165) is 17.0 Å². The molecule has 0 atom stereocenters. The first kappa shape index (κ1) is 14.3. The van der Waals surface area contributed by atoms with Gasteiger partial charge in [0.1, 0.15) is 5.75 Å². The number of hydrogen-bond donors (Lipinski definition) is 1. The van der Waals surface area contributed by atoms with Crippen LogP contribution in [-0.4, -0.2) is 18.2 Å². The van der Waals surface area contributed by atoms with Crippen molar-refractivity contribution in [2.24, 2.45) is 5.10 Å². The number of amides is 1. The molecule has 1 N–H and O–H groups in total. The fourth-order valence-corrected chi connectivity index (χ4v) is 2.23. The monoisotopic (exact) mass is 288 g/mol. The molecule has 4 nitrogen and oxygen atoms in total. The molecule has 20 heavy (non-hydrogen) atoms. The smallest absolute Gasteiger partial charge is 0.281 e. The summed E-state index contributed by atoms with van der Waals surface area (Å²) in [4.78, 5) is 12.4. The Bertz CT molecular complexity index is 589. The van der Waals surface area contributed by atoms with E-state index in [0.29, 0.717) is 11.5 Å². The molecule has 0 unspecified atom stereocenters. The quantitative estimate of drug-likeness (QED) is 0.678. The highest BCUT2D eigenvalue weighted by Gasteiger charge is 2.05. The molecule has 2 rings (SSSR count). The Morgan fingerprint density at radius 1 is 1.30 bits per heavy atom. The molecular weight excluding hydrogens is 272 g/mol. The largest absolute Gasteiger partial charge is 0.494 e. The first-order valence-corrected chi connectivity index (χ1v) is 7.20. The number of nitrogens with zero attached hydrogens (tertiary/aromatic N) is 1. The number of ether oxygens (including phenoxy) is 1. The number of carbonyl (C=O) groups excluding carboxylic acids is 1. The zero-order chi connectivity index (χ0) is 14.4. The summed E-state index contributed by atoms with van der Waals surface area (Å²) in [7, 11) is 0. The van der Waals surface area contributed by atoms with Crippen molar-refractivity contribution >= 4 is 23.0 Å². The Balaban J connectivity index is 2.01. The van der Waals surface area contributed by atoms with Crippen LogP contribution in [-0.2, 0) is 0 Å². The van der Waals surface area contributed by atoms with Crippen molar-refractivity contribution in [2.45, 2.75) is 13.8 Å². The summed E-state index contributed by atoms with van der Waals surface area (Å²) in [5, 5.41) is 5.97. The van der Waals surface area contributed by atoms with Gasteiger partial charge in [0.15, 0.2) is 0 Å². The molecule has 1 heterocycles. The molecule has 1 aromatic heterocycles. The van der Waals surface area contributed by atoms with Gasteiger partial charge >= 0.3 is 0 Å². The predicted molar refractivity (Wildman–Crippen MR) is 81.6 cm³/mol. The normalized spacial score (nSPS) is 11.2. The third-order valence-electron chi connectivity index (χ3n) is 2.65. The maximum absolute atomic E-state index is 11.8. The van der Waals surface area contributed by atoms with Gasteiger partial charge in [-0.05, 0) is 55.1 Å². The lowest BCUT2D eigenvalue weighted by Gasteiger charge is -2.05. The van der Waals surface area contributed by atoms with E-state index in [1.165, 1.54) is 11.3 Å². The molecule has 0 bridgehead atoms. The van der Waals surface area contributed by atoms with Gasteiger partial charge in [-0.25, -0.2) is 5.43 Å². The highest BCUT2D eigenvalue weighted by atomic mass is 32.1. The van der Waals surface area contributed by atoms with E-state index in [2.05, 4.69) is 10.5 Å². The fraction of sp³-hybridized carbons (Fsp3) is 0.200. The average Bonchev–Trinajstić information content (AvgIpc) is 3.00. The standard InChI is InChI=1S/C15H16N2O2S/c1-3-19-13-8-6-12(7-9-13)11(2)16-17-15(18)14-5-4-10-20-14/h4-10H,3H2,1-2H3,(H,17,18). The van der Waals surface area contributed by atoms with Crippen LogP contribution in [0, 0.1) is 0 Å². The van der Waals surface area contributed by atoms with Crippen LogP contribution < -0.4 is 10.2 Å². The summed E-state index contributed by atoms with van der Waals surface area (Å²) < 4.78 is 5.38. The molecule has 0 saturated carbocycles. The van der Waals surface area contributed by atoms with E-state index in [-0.39, 0.29) is 5.91 Å². The minimum Gasteiger partial charge on any atom is -0.494 e. The predicted octanol–water partition coefficient (Wildman–Crippen LogP) is 3.30. The van der Waals surface area contributed by atoms with Crippen molar-refractivity contribution in [1.29, 1.82) is 0 Å². The topological polar surface area (TPSA) is 50.7 Å². The number of rotatable bonds is 5. The second-order valence-corrected chi connectivity index (χ2v) is 5.02. The van der Waals surface area contributed by atoms with Crippen LogP contribution in [0.2, 0.25) is 0 Å². The minimum absolute atomic E-state index is 0.190. The SMILES string of the molecule is CCOc1ccc(C(C)=NNC(=O)c2cccs2)cc1. The van der Waals surface area contributed by atoms with Gasteiger partial charge in [0, 0.05) is 0 Å². The van der Waals surface area contributed by atoms with Gasteiger partial charge in [0.2, 0.25) is 0 Å². The third kappa shape index (κ3) is 3.68. The van der Waals surface area contributed by atoms with E-state index >= 15 is 0 Å². The summed E-state index contributed by atoms with van der Waals surface area (Å²) in [6.07, 6.45) is 0. The molecule has 0 aliphatic rings. The van der Waals surface area contributed by atoms with Crippen molar-refractivity contribution in [3.8, 4) is 5.75 Å². The lowest BCUT2D eigenvalue weighted by atomic mass is 10.1. The zero-order valence-electron chi connectivity index (χ0n) is 11.4. The lowest BCUT2D eigenvalue weighted by Crippen LogP contribution is -2.18. The van der Waals surface area contributed by atoms with Crippen LogP contribution in [0.15, 0.2) is 46.9 Å². The zero-order valence-corrected chi connectivity index (χ0v) is 12.2. The lowest BCUT2D eigenvalue weighted by molar-refractivity contribution is 0.0959. The van der Waals surface area contributed by atoms with Crippen LogP contribution >= 0.6 is 11.3 Å². The van der Waals surface area contributed by atoms with Gasteiger partial charge in [-0.2, -0.15) is 5.10 Å². The Morgan fingerprint density at radius 2 is 2.05 bits per heavy atom. The number of hydrazone groups is 1. The average molecular weight is 288 g/mol. The number of nitrogens with one attached hydrogen (secondary N) is 1. The number of thiophene rings is 1. The molecule has 0 saturated heterocycles. The maximum atomic E-state index is 11.8. The molecule has 1 amide bonds. The summed E-state index contributed by atoms with van der Waals surface area (Å²) in [5.41, 5.74) is 4.24. The Kier molecular flexibility index (Phi) is 4.90. The maximum Gasteiger partial charge on any atom is 0.281 e. The van der Waals surface area contributed by atoms with Crippen LogP contribution in [0.25, 0.3) is 0 Å². The second kappa shape index (κ2) is 6.86. The van der Waals surface area contributed by atoms with E-state index in [9.17, 15) is 4.79 Å². The van der Waals surface area contributed by atoms with Gasteiger partial charge in [0.05, 0.1) is 17.2 Å².